The number of fused-ring (bicyclic) bond motifs is 1. The monoisotopic (exact) mass is 257 g/mol. The van der Waals surface area contributed by atoms with Gasteiger partial charge in [0.2, 0.25) is 5.78 Å². The van der Waals surface area contributed by atoms with Crippen molar-refractivity contribution in [2.75, 3.05) is 11.9 Å². The lowest BCUT2D eigenvalue weighted by Gasteiger charge is -2.25. The summed E-state index contributed by atoms with van der Waals surface area (Å²) in [5.41, 5.74) is 1.52. The molecule has 1 aromatic carbocycles. The molecule has 1 N–H and O–H groups in total. The molecule has 1 unspecified atom stereocenters. The number of aromatic nitrogens is 2. The Labute approximate surface area is 111 Å². The van der Waals surface area contributed by atoms with Crippen LogP contribution < -0.4 is 10.1 Å². The first kappa shape index (κ1) is 11.8. The van der Waals surface area contributed by atoms with E-state index in [0.29, 0.717) is 12.1 Å². The number of nitrogens with zero attached hydrogens (tertiary/aromatic N) is 2. The van der Waals surface area contributed by atoms with Crippen LogP contribution in [0.1, 0.15) is 17.3 Å². The van der Waals surface area contributed by atoms with Gasteiger partial charge in [-0.15, -0.1) is 0 Å². The van der Waals surface area contributed by atoms with E-state index in [1.807, 2.05) is 31.2 Å². The topological polar surface area (TPSA) is 56.2 Å². The summed E-state index contributed by atoms with van der Waals surface area (Å²) in [5, 5.41) is 7.33. The normalized spacial score (nSPS) is 17.2. The summed E-state index contributed by atoms with van der Waals surface area (Å²) in [7, 11) is 0. The summed E-state index contributed by atoms with van der Waals surface area (Å²) in [5.74, 6) is 0.677. The molecule has 1 aliphatic rings. The molecule has 5 heteroatoms. The van der Waals surface area contributed by atoms with E-state index in [-0.39, 0.29) is 5.78 Å². The van der Waals surface area contributed by atoms with Crippen molar-refractivity contribution < 1.29 is 9.53 Å². The second kappa shape index (κ2) is 4.76. The third kappa shape index (κ3) is 2.19. The predicted molar refractivity (Wildman–Crippen MR) is 71.6 cm³/mol. The van der Waals surface area contributed by atoms with Crippen LogP contribution in [0.5, 0.6) is 5.75 Å². The molecule has 5 nitrogen and oxygen atoms in total. The molecule has 0 radical (unpaired) electrons. The third-order valence-corrected chi connectivity index (χ3v) is 3.17. The molecule has 0 saturated carbocycles. The molecule has 0 saturated heterocycles. The summed E-state index contributed by atoms with van der Waals surface area (Å²) in [6.45, 7) is 3.21. The van der Waals surface area contributed by atoms with Gasteiger partial charge in [-0.3, -0.25) is 9.48 Å². The minimum absolute atomic E-state index is 0.0401. The number of aryl methyl sites for hydroxylation is 1. The Morgan fingerprint density at radius 2 is 2.37 bits per heavy atom. The average Bonchev–Trinajstić information content (AvgIpc) is 2.95. The summed E-state index contributed by atoms with van der Waals surface area (Å²) >= 11 is 0. The highest BCUT2D eigenvalue weighted by Gasteiger charge is 2.27. The van der Waals surface area contributed by atoms with Gasteiger partial charge in [-0.25, -0.2) is 0 Å². The first-order valence-corrected chi connectivity index (χ1v) is 6.34. The lowest BCUT2D eigenvalue weighted by Crippen LogP contribution is -2.37. The minimum atomic E-state index is -0.496. The zero-order valence-corrected chi connectivity index (χ0v) is 10.7. The van der Waals surface area contributed by atoms with Crippen LogP contribution in [0, 0.1) is 0 Å². The van der Waals surface area contributed by atoms with E-state index in [4.69, 9.17) is 4.74 Å². The fourth-order valence-electron chi connectivity index (χ4n) is 2.11. The largest absolute Gasteiger partial charge is 0.478 e. The van der Waals surface area contributed by atoms with Gasteiger partial charge in [0.15, 0.2) is 6.10 Å². The van der Waals surface area contributed by atoms with Crippen molar-refractivity contribution in [3.63, 3.8) is 0 Å². The van der Waals surface area contributed by atoms with E-state index in [1.165, 1.54) is 0 Å². The maximum Gasteiger partial charge on any atom is 0.208 e. The highest BCUT2D eigenvalue weighted by molar-refractivity contribution is 6.00. The van der Waals surface area contributed by atoms with E-state index in [2.05, 4.69) is 10.4 Å². The van der Waals surface area contributed by atoms with Crippen LogP contribution in [0.2, 0.25) is 0 Å². The van der Waals surface area contributed by atoms with Crippen LogP contribution in [0.3, 0.4) is 0 Å². The second-order valence-corrected chi connectivity index (χ2v) is 4.43. The fourth-order valence-corrected chi connectivity index (χ4v) is 2.11. The average molecular weight is 257 g/mol. The number of hydrogen-bond donors (Lipinski definition) is 1. The number of anilines is 1. The Kier molecular flexibility index (Phi) is 2.95. The third-order valence-electron chi connectivity index (χ3n) is 3.17. The van der Waals surface area contributed by atoms with Crippen LogP contribution in [-0.4, -0.2) is 28.2 Å². The summed E-state index contributed by atoms with van der Waals surface area (Å²) < 4.78 is 7.48. The highest BCUT2D eigenvalue weighted by Crippen LogP contribution is 2.28. The van der Waals surface area contributed by atoms with Crippen molar-refractivity contribution in [3.05, 3.63) is 42.2 Å². The lowest BCUT2D eigenvalue weighted by molar-refractivity contribution is 0.0801. The van der Waals surface area contributed by atoms with E-state index < -0.39 is 6.10 Å². The van der Waals surface area contributed by atoms with Crippen molar-refractivity contribution in [2.45, 2.75) is 19.6 Å². The van der Waals surface area contributed by atoms with Crippen LogP contribution in [-0.2, 0) is 6.54 Å². The number of ether oxygens (including phenoxy) is 1. The molecule has 1 atom stereocenters. The second-order valence-electron chi connectivity index (χ2n) is 4.43. The van der Waals surface area contributed by atoms with E-state index in [9.17, 15) is 4.79 Å². The summed E-state index contributed by atoms with van der Waals surface area (Å²) in [6, 6.07) is 7.62. The Balaban J connectivity index is 1.79. The Morgan fingerprint density at radius 1 is 1.53 bits per heavy atom. The van der Waals surface area contributed by atoms with Gasteiger partial charge in [-0.05, 0) is 19.1 Å². The smallest absolute Gasteiger partial charge is 0.208 e. The number of carbonyl (C=O) groups is 1. The number of para-hydroxylation sites is 2. The van der Waals surface area contributed by atoms with Gasteiger partial charge in [-0.2, -0.15) is 5.10 Å². The molecular weight excluding hydrogens is 242 g/mol. The van der Waals surface area contributed by atoms with Crippen LogP contribution in [0.15, 0.2) is 36.7 Å². The number of rotatable bonds is 3. The molecule has 0 amide bonds. The molecule has 0 aliphatic carbocycles. The van der Waals surface area contributed by atoms with Crippen molar-refractivity contribution in [1.82, 2.24) is 9.78 Å². The molecule has 2 heterocycles. The summed E-state index contributed by atoms with van der Waals surface area (Å²) in [6.07, 6.45) is 2.85. The zero-order valence-electron chi connectivity index (χ0n) is 10.7. The molecule has 1 aliphatic heterocycles. The molecule has 0 spiro atoms. The molecular formula is C14H15N3O2. The number of Topliss-reactive ketones (excluding diaryl/α,β-unsaturated/α-hetero) is 1. The van der Waals surface area contributed by atoms with Gasteiger partial charge in [0.05, 0.1) is 24.0 Å². The van der Waals surface area contributed by atoms with Gasteiger partial charge in [0.25, 0.3) is 0 Å². The molecule has 98 valence electrons. The van der Waals surface area contributed by atoms with Gasteiger partial charge in [0, 0.05) is 12.7 Å². The van der Waals surface area contributed by atoms with Crippen LogP contribution >= 0.6 is 0 Å². The van der Waals surface area contributed by atoms with Crippen LogP contribution in [0.4, 0.5) is 5.69 Å². The molecule has 2 aromatic rings. The van der Waals surface area contributed by atoms with Crippen molar-refractivity contribution in [3.8, 4) is 5.75 Å². The van der Waals surface area contributed by atoms with Gasteiger partial charge in [-0.1, -0.05) is 12.1 Å². The Hall–Kier alpha value is -2.30. The standard InChI is InChI=1S/C14H15N3O2/c1-2-17-9-10(7-16-17)14(18)13-8-15-11-5-3-4-6-12(11)19-13/h3-7,9,13,15H,2,8H2,1H3. The number of benzene rings is 1. The van der Waals surface area contributed by atoms with Gasteiger partial charge in [0.1, 0.15) is 5.75 Å². The number of carbonyl (C=O) groups excluding carboxylic acids is 1. The van der Waals surface area contributed by atoms with Crippen molar-refractivity contribution >= 4 is 11.5 Å². The van der Waals surface area contributed by atoms with E-state index >= 15 is 0 Å². The molecule has 3 rings (SSSR count). The number of nitrogens with one attached hydrogen (secondary N) is 1. The van der Waals surface area contributed by atoms with Gasteiger partial charge < -0.3 is 10.1 Å². The highest BCUT2D eigenvalue weighted by atomic mass is 16.5. The minimum Gasteiger partial charge on any atom is -0.478 e. The number of ketones is 1. The quantitative estimate of drug-likeness (QED) is 0.854. The maximum absolute atomic E-state index is 12.3. The first-order valence-electron chi connectivity index (χ1n) is 6.34. The molecule has 1 aromatic heterocycles. The van der Waals surface area contributed by atoms with E-state index in [0.717, 1.165) is 18.0 Å². The lowest BCUT2D eigenvalue weighted by atomic mass is 10.1. The Bertz CT molecular complexity index is 606. The molecule has 19 heavy (non-hydrogen) atoms. The van der Waals surface area contributed by atoms with Gasteiger partial charge >= 0.3 is 0 Å². The maximum atomic E-state index is 12.3. The van der Waals surface area contributed by atoms with E-state index in [1.54, 1.807) is 17.1 Å². The fraction of sp³-hybridized carbons (Fsp3) is 0.286. The number of hydrogen-bond acceptors (Lipinski definition) is 4. The Morgan fingerprint density at radius 3 is 3.16 bits per heavy atom. The molecule has 0 bridgehead atoms. The predicted octanol–water partition coefficient (Wildman–Crippen LogP) is 1.96. The van der Waals surface area contributed by atoms with Crippen LogP contribution in [0.25, 0.3) is 0 Å². The van der Waals surface area contributed by atoms with Crippen molar-refractivity contribution in [1.29, 1.82) is 0 Å². The first-order chi connectivity index (χ1) is 9.28. The van der Waals surface area contributed by atoms with Crippen molar-refractivity contribution in [2.24, 2.45) is 0 Å². The molecule has 0 fully saturated rings. The zero-order chi connectivity index (χ0) is 13.2. The summed E-state index contributed by atoms with van der Waals surface area (Å²) in [4.78, 5) is 12.3. The SMILES string of the molecule is CCn1cc(C(=O)C2CNc3ccccc3O2)cn1.